The summed E-state index contributed by atoms with van der Waals surface area (Å²) in [4.78, 5) is 21.0. The second kappa shape index (κ2) is 7.19. The molecular formula is C21H13F3N6O2. The van der Waals surface area contributed by atoms with Crippen LogP contribution in [0.3, 0.4) is 0 Å². The number of carbonyl (C=O) groups excluding carboxylic acids is 1. The Morgan fingerprint density at radius 2 is 2.09 bits per heavy atom. The highest BCUT2D eigenvalue weighted by molar-refractivity contribution is 6.03. The van der Waals surface area contributed by atoms with Crippen LogP contribution in [0, 0.1) is 17.1 Å². The Balaban J connectivity index is 1.40. The molecule has 1 aliphatic carbocycles. The van der Waals surface area contributed by atoms with Gasteiger partial charge in [0.1, 0.15) is 23.2 Å². The lowest BCUT2D eigenvalue weighted by Gasteiger charge is -2.31. The minimum Gasteiger partial charge on any atom is -0.339 e. The number of hydrogen-bond donors (Lipinski definition) is 1. The highest BCUT2D eigenvalue weighted by Crippen LogP contribution is 2.47. The van der Waals surface area contributed by atoms with Crippen LogP contribution >= 0.6 is 0 Å². The van der Waals surface area contributed by atoms with Gasteiger partial charge in [-0.3, -0.25) is 9.20 Å². The Kier molecular flexibility index (Phi) is 4.44. The minimum atomic E-state index is -2.72. The van der Waals surface area contributed by atoms with Gasteiger partial charge in [0, 0.05) is 30.5 Å². The van der Waals surface area contributed by atoms with Crippen LogP contribution in [-0.2, 0) is 0 Å². The molecule has 0 saturated heterocycles. The van der Waals surface area contributed by atoms with Gasteiger partial charge in [-0.2, -0.15) is 10.2 Å². The van der Waals surface area contributed by atoms with Crippen molar-refractivity contribution < 1.29 is 22.5 Å². The van der Waals surface area contributed by atoms with Gasteiger partial charge < -0.3 is 9.84 Å². The molecule has 1 fully saturated rings. The summed E-state index contributed by atoms with van der Waals surface area (Å²) in [7, 11) is 0. The number of anilines is 1. The van der Waals surface area contributed by atoms with Crippen molar-refractivity contribution in [3.8, 4) is 17.5 Å². The molecule has 0 bridgehead atoms. The number of halogens is 3. The molecule has 1 aromatic carbocycles. The van der Waals surface area contributed by atoms with Crippen LogP contribution < -0.4 is 5.32 Å². The summed E-state index contributed by atoms with van der Waals surface area (Å²) in [5, 5.41) is 15.3. The molecule has 11 heteroatoms. The van der Waals surface area contributed by atoms with Crippen molar-refractivity contribution in [2.45, 2.75) is 24.7 Å². The van der Waals surface area contributed by atoms with E-state index in [1.807, 2.05) is 6.07 Å². The number of pyridine rings is 1. The largest absolute Gasteiger partial charge is 0.339 e. The van der Waals surface area contributed by atoms with Crippen LogP contribution in [0.15, 0.2) is 47.2 Å². The van der Waals surface area contributed by atoms with E-state index in [9.17, 15) is 18.0 Å². The summed E-state index contributed by atoms with van der Waals surface area (Å²) in [5.74, 6) is -4.39. The van der Waals surface area contributed by atoms with Crippen molar-refractivity contribution in [1.82, 2.24) is 19.5 Å². The van der Waals surface area contributed by atoms with Crippen molar-refractivity contribution >= 4 is 17.2 Å². The average molecular weight is 438 g/mol. The highest BCUT2D eigenvalue weighted by atomic mass is 19.3. The van der Waals surface area contributed by atoms with Gasteiger partial charge in [-0.05, 0) is 30.3 Å². The molecule has 1 N–H and O–H groups in total. The number of alkyl halides is 2. The van der Waals surface area contributed by atoms with E-state index in [1.54, 1.807) is 12.1 Å². The molecule has 1 amide bonds. The van der Waals surface area contributed by atoms with Gasteiger partial charge in [0.15, 0.2) is 0 Å². The molecule has 1 saturated carbocycles. The van der Waals surface area contributed by atoms with Gasteiger partial charge in [-0.15, -0.1) is 0 Å². The topological polar surface area (TPSA) is 109 Å². The van der Waals surface area contributed by atoms with E-state index in [0.717, 1.165) is 6.07 Å². The van der Waals surface area contributed by atoms with E-state index < -0.39 is 23.6 Å². The predicted molar refractivity (Wildman–Crippen MR) is 104 cm³/mol. The van der Waals surface area contributed by atoms with Gasteiger partial charge in [0.25, 0.3) is 5.91 Å². The van der Waals surface area contributed by atoms with Crippen LogP contribution in [0.1, 0.15) is 40.7 Å². The first-order valence-corrected chi connectivity index (χ1v) is 9.53. The SMILES string of the molecule is N#Cc1ccc2ncc(C(=O)Nc3cc(-c4noc(C5CC(F)(F)C5)n4)ccc3F)n2c1. The third-order valence-corrected chi connectivity index (χ3v) is 5.22. The van der Waals surface area contributed by atoms with Crippen molar-refractivity contribution in [3.63, 3.8) is 0 Å². The fourth-order valence-corrected chi connectivity index (χ4v) is 3.52. The number of nitrogens with zero attached hydrogens (tertiary/aromatic N) is 5. The molecule has 1 aliphatic rings. The maximum Gasteiger partial charge on any atom is 0.274 e. The smallest absolute Gasteiger partial charge is 0.274 e. The minimum absolute atomic E-state index is 0.0965. The molecule has 0 radical (unpaired) electrons. The highest BCUT2D eigenvalue weighted by Gasteiger charge is 2.48. The van der Waals surface area contributed by atoms with Crippen LogP contribution in [0.4, 0.5) is 18.9 Å². The Bertz CT molecular complexity index is 1400. The van der Waals surface area contributed by atoms with Gasteiger partial charge in [-0.25, -0.2) is 18.2 Å². The Hall–Kier alpha value is -4.20. The van der Waals surface area contributed by atoms with Gasteiger partial charge in [0.05, 0.1) is 17.4 Å². The standard InChI is InChI=1S/C21H13F3N6O2/c22-14-3-2-12(18-28-20(32-29-18)13-6-21(23,24)7-13)5-15(14)27-19(31)16-9-26-17-4-1-11(8-25)10-30(16)17/h1-5,9-10,13H,6-7H2,(H,27,31). The number of nitriles is 1. The number of nitrogens with one attached hydrogen (secondary N) is 1. The third-order valence-electron chi connectivity index (χ3n) is 5.22. The Morgan fingerprint density at radius 3 is 2.84 bits per heavy atom. The number of aromatic nitrogens is 4. The molecule has 0 unspecified atom stereocenters. The first kappa shape index (κ1) is 19.7. The van der Waals surface area contributed by atoms with Crippen LogP contribution in [0.2, 0.25) is 0 Å². The number of amides is 1. The van der Waals surface area contributed by atoms with E-state index >= 15 is 0 Å². The molecule has 0 spiro atoms. The summed E-state index contributed by atoms with van der Waals surface area (Å²) < 4.78 is 47.1. The zero-order chi connectivity index (χ0) is 22.5. The summed E-state index contributed by atoms with van der Waals surface area (Å²) in [6.07, 6.45) is 2.06. The fourth-order valence-electron chi connectivity index (χ4n) is 3.52. The maximum absolute atomic E-state index is 14.4. The molecule has 0 atom stereocenters. The van der Waals surface area contributed by atoms with Crippen molar-refractivity contribution in [2.24, 2.45) is 0 Å². The zero-order valence-corrected chi connectivity index (χ0v) is 16.2. The van der Waals surface area contributed by atoms with Crippen molar-refractivity contribution in [1.29, 1.82) is 5.26 Å². The lowest BCUT2D eigenvalue weighted by molar-refractivity contribution is -0.0925. The van der Waals surface area contributed by atoms with Crippen LogP contribution in [-0.4, -0.2) is 31.4 Å². The van der Waals surface area contributed by atoms with Crippen LogP contribution in [0.5, 0.6) is 0 Å². The van der Waals surface area contributed by atoms with E-state index in [0.29, 0.717) is 16.8 Å². The van der Waals surface area contributed by atoms with E-state index in [1.165, 1.54) is 28.9 Å². The number of imidazole rings is 1. The maximum atomic E-state index is 14.4. The lowest BCUT2D eigenvalue weighted by Crippen LogP contribution is -2.33. The number of fused-ring (bicyclic) bond motifs is 1. The Morgan fingerprint density at radius 1 is 1.28 bits per heavy atom. The quantitative estimate of drug-likeness (QED) is 0.513. The Labute approximate surface area is 178 Å². The predicted octanol–water partition coefficient (Wildman–Crippen LogP) is 4.16. The number of benzene rings is 1. The molecule has 160 valence electrons. The summed E-state index contributed by atoms with van der Waals surface area (Å²) >= 11 is 0. The monoisotopic (exact) mass is 438 g/mol. The molecular weight excluding hydrogens is 425 g/mol. The van der Waals surface area contributed by atoms with Gasteiger partial charge in [0.2, 0.25) is 17.6 Å². The molecule has 3 aromatic heterocycles. The molecule has 0 aliphatic heterocycles. The second-order valence-electron chi connectivity index (χ2n) is 7.47. The van der Waals surface area contributed by atoms with Crippen molar-refractivity contribution in [2.75, 3.05) is 5.32 Å². The molecule has 8 nitrogen and oxygen atoms in total. The third kappa shape index (κ3) is 3.45. The lowest BCUT2D eigenvalue weighted by atomic mass is 9.81. The normalized spacial score (nSPS) is 15.3. The first-order valence-electron chi connectivity index (χ1n) is 9.53. The number of hydrogen-bond acceptors (Lipinski definition) is 6. The van der Waals surface area contributed by atoms with Crippen molar-refractivity contribution in [3.05, 3.63) is 65.7 Å². The molecule has 5 rings (SSSR count). The molecule has 32 heavy (non-hydrogen) atoms. The summed E-state index contributed by atoms with van der Waals surface area (Å²) in [5.41, 5.74) is 1.09. The number of carbonyl (C=O) groups is 1. The van der Waals surface area contributed by atoms with E-state index in [2.05, 4.69) is 20.4 Å². The van der Waals surface area contributed by atoms with E-state index in [4.69, 9.17) is 9.78 Å². The average Bonchev–Trinajstić information content (AvgIpc) is 3.40. The first-order chi connectivity index (χ1) is 15.3. The van der Waals surface area contributed by atoms with Gasteiger partial charge in [-0.1, -0.05) is 5.16 Å². The van der Waals surface area contributed by atoms with E-state index in [-0.39, 0.29) is 35.9 Å². The van der Waals surface area contributed by atoms with Gasteiger partial charge >= 0.3 is 0 Å². The van der Waals surface area contributed by atoms with Crippen LogP contribution in [0.25, 0.3) is 17.0 Å². The second-order valence-corrected chi connectivity index (χ2v) is 7.47. The zero-order valence-electron chi connectivity index (χ0n) is 16.2. The molecule has 3 heterocycles. The fraction of sp³-hybridized carbons (Fsp3) is 0.190. The number of rotatable bonds is 4. The molecule has 4 aromatic rings. The summed E-state index contributed by atoms with van der Waals surface area (Å²) in [6, 6.07) is 8.97. The summed E-state index contributed by atoms with van der Waals surface area (Å²) in [6.45, 7) is 0.